The molecule has 0 spiro atoms. The van der Waals surface area contributed by atoms with Gasteiger partial charge in [0.25, 0.3) is 0 Å². The van der Waals surface area contributed by atoms with Crippen LogP contribution in [0.2, 0.25) is 0 Å². The second kappa shape index (κ2) is 6.97. The first-order valence-corrected chi connectivity index (χ1v) is 6.69. The van der Waals surface area contributed by atoms with Crippen molar-refractivity contribution in [2.24, 2.45) is 17.6 Å². The first-order chi connectivity index (χ1) is 7.99. The number of rotatable bonds is 5. The van der Waals surface area contributed by atoms with Crippen molar-refractivity contribution in [1.29, 1.82) is 0 Å². The molecule has 0 bridgehead atoms. The van der Waals surface area contributed by atoms with Crippen LogP contribution in [0, 0.1) is 11.8 Å². The van der Waals surface area contributed by atoms with Crippen LogP contribution in [-0.4, -0.2) is 29.7 Å². The fourth-order valence-electron chi connectivity index (χ4n) is 2.23. The average Bonchev–Trinajstić information content (AvgIpc) is 2.26. The molecule has 1 saturated carbocycles. The third-order valence-corrected chi connectivity index (χ3v) is 3.62. The molecular formula is C13H26N2O2. The van der Waals surface area contributed by atoms with Gasteiger partial charge in [0.1, 0.15) is 0 Å². The highest BCUT2D eigenvalue weighted by Crippen LogP contribution is 2.23. The summed E-state index contributed by atoms with van der Waals surface area (Å²) in [5.74, 6) is 0.793. The van der Waals surface area contributed by atoms with Gasteiger partial charge in [-0.1, -0.05) is 20.3 Å². The fraction of sp³-hybridized carbons (Fsp3) is 0.923. The summed E-state index contributed by atoms with van der Waals surface area (Å²) in [6, 6.07) is -0.0630. The zero-order valence-corrected chi connectivity index (χ0v) is 11.0. The third-order valence-electron chi connectivity index (χ3n) is 3.62. The van der Waals surface area contributed by atoms with Crippen molar-refractivity contribution < 1.29 is 9.90 Å². The number of nitrogens with one attached hydrogen (secondary N) is 1. The second-order valence-corrected chi connectivity index (χ2v) is 5.60. The van der Waals surface area contributed by atoms with Crippen LogP contribution in [0.15, 0.2) is 0 Å². The molecule has 1 rings (SSSR count). The molecule has 4 nitrogen and oxygen atoms in total. The van der Waals surface area contributed by atoms with Gasteiger partial charge in [-0.05, 0) is 31.1 Å². The molecule has 1 amide bonds. The molecule has 0 aromatic carbocycles. The molecule has 1 aliphatic rings. The lowest BCUT2D eigenvalue weighted by Crippen LogP contribution is -2.38. The van der Waals surface area contributed by atoms with Gasteiger partial charge in [-0.15, -0.1) is 0 Å². The van der Waals surface area contributed by atoms with E-state index in [1.807, 2.05) is 13.8 Å². The summed E-state index contributed by atoms with van der Waals surface area (Å²) in [5, 5.41) is 12.5. The van der Waals surface area contributed by atoms with Crippen LogP contribution in [-0.2, 0) is 4.79 Å². The van der Waals surface area contributed by atoms with E-state index in [0.29, 0.717) is 24.8 Å². The van der Waals surface area contributed by atoms with Crippen molar-refractivity contribution in [3.05, 3.63) is 0 Å². The van der Waals surface area contributed by atoms with Gasteiger partial charge in [0.2, 0.25) is 5.91 Å². The minimum atomic E-state index is -0.177. The summed E-state index contributed by atoms with van der Waals surface area (Å²) in [4.78, 5) is 11.6. The van der Waals surface area contributed by atoms with Crippen molar-refractivity contribution in [1.82, 2.24) is 5.32 Å². The number of carbonyl (C=O) groups is 1. The monoisotopic (exact) mass is 242 g/mol. The standard InChI is InChI=1S/C13H26N2O2/c1-9(2)12(14)7-13(17)15-8-10-4-3-5-11(16)6-10/h9-12,16H,3-8,14H2,1-2H3,(H,15,17). The fourth-order valence-corrected chi connectivity index (χ4v) is 2.23. The van der Waals surface area contributed by atoms with Crippen LogP contribution >= 0.6 is 0 Å². The Bertz CT molecular complexity index is 244. The predicted molar refractivity (Wildman–Crippen MR) is 68.4 cm³/mol. The number of carbonyl (C=O) groups excluding carboxylic acids is 1. The molecule has 0 aromatic heterocycles. The van der Waals surface area contributed by atoms with Gasteiger partial charge in [0, 0.05) is 19.0 Å². The highest BCUT2D eigenvalue weighted by atomic mass is 16.3. The van der Waals surface area contributed by atoms with Crippen molar-refractivity contribution in [3.8, 4) is 0 Å². The Kier molecular flexibility index (Phi) is 5.92. The van der Waals surface area contributed by atoms with Crippen LogP contribution in [0.5, 0.6) is 0 Å². The molecule has 0 aromatic rings. The first kappa shape index (κ1) is 14.5. The van der Waals surface area contributed by atoms with Gasteiger partial charge < -0.3 is 16.2 Å². The van der Waals surface area contributed by atoms with Gasteiger partial charge in [0.05, 0.1) is 6.10 Å². The molecule has 3 atom stereocenters. The Hall–Kier alpha value is -0.610. The number of amides is 1. The highest BCUT2D eigenvalue weighted by Gasteiger charge is 2.21. The summed E-state index contributed by atoms with van der Waals surface area (Å²) in [6.07, 6.45) is 4.11. The molecule has 1 fully saturated rings. The zero-order chi connectivity index (χ0) is 12.8. The van der Waals surface area contributed by atoms with E-state index in [4.69, 9.17) is 5.73 Å². The van der Waals surface area contributed by atoms with E-state index in [2.05, 4.69) is 5.32 Å². The van der Waals surface area contributed by atoms with E-state index in [1.54, 1.807) is 0 Å². The van der Waals surface area contributed by atoms with Gasteiger partial charge in [-0.2, -0.15) is 0 Å². The molecular weight excluding hydrogens is 216 g/mol. The molecule has 0 heterocycles. The van der Waals surface area contributed by atoms with Crippen LogP contribution in [0.1, 0.15) is 46.0 Å². The van der Waals surface area contributed by atoms with Crippen LogP contribution < -0.4 is 11.1 Å². The summed E-state index contributed by atoms with van der Waals surface area (Å²) in [5.41, 5.74) is 5.85. The van der Waals surface area contributed by atoms with Gasteiger partial charge in [-0.25, -0.2) is 0 Å². The van der Waals surface area contributed by atoms with Gasteiger partial charge in [-0.3, -0.25) is 4.79 Å². The summed E-state index contributed by atoms with van der Waals surface area (Å²) < 4.78 is 0. The molecule has 4 heteroatoms. The van der Waals surface area contributed by atoms with Gasteiger partial charge in [0.15, 0.2) is 0 Å². The SMILES string of the molecule is CC(C)C(N)CC(=O)NCC1CCCC(O)C1. The second-order valence-electron chi connectivity index (χ2n) is 5.60. The van der Waals surface area contributed by atoms with E-state index < -0.39 is 0 Å². The van der Waals surface area contributed by atoms with E-state index in [9.17, 15) is 9.90 Å². The smallest absolute Gasteiger partial charge is 0.221 e. The van der Waals surface area contributed by atoms with E-state index >= 15 is 0 Å². The van der Waals surface area contributed by atoms with Crippen LogP contribution in [0.3, 0.4) is 0 Å². The van der Waals surface area contributed by atoms with Crippen molar-refractivity contribution in [2.45, 2.75) is 58.1 Å². The quantitative estimate of drug-likeness (QED) is 0.674. The average molecular weight is 242 g/mol. The van der Waals surface area contributed by atoms with Crippen LogP contribution in [0.4, 0.5) is 0 Å². The molecule has 3 unspecified atom stereocenters. The normalized spacial score (nSPS) is 26.9. The predicted octanol–water partition coefficient (Wildman–Crippen LogP) is 1.03. The molecule has 4 N–H and O–H groups in total. The molecule has 1 aliphatic carbocycles. The van der Waals surface area contributed by atoms with E-state index in [1.165, 1.54) is 0 Å². The number of hydrogen-bond acceptors (Lipinski definition) is 3. The maximum absolute atomic E-state index is 11.6. The zero-order valence-electron chi connectivity index (χ0n) is 11.0. The number of hydrogen-bond donors (Lipinski definition) is 3. The highest BCUT2D eigenvalue weighted by molar-refractivity contribution is 5.76. The first-order valence-electron chi connectivity index (χ1n) is 6.69. The van der Waals surface area contributed by atoms with Gasteiger partial charge >= 0.3 is 0 Å². The molecule has 100 valence electrons. The van der Waals surface area contributed by atoms with Crippen molar-refractivity contribution in [3.63, 3.8) is 0 Å². The summed E-state index contributed by atoms with van der Waals surface area (Å²) >= 11 is 0. The molecule has 17 heavy (non-hydrogen) atoms. The van der Waals surface area contributed by atoms with E-state index in [0.717, 1.165) is 25.7 Å². The molecule has 0 saturated heterocycles. The Morgan fingerprint density at radius 3 is 2.76 bits per heavy atom. The summed E-state index contributed by atoms with van der Waals surface area (Å²) in [7, 11) is 0. The van der Waals surface area contributed by atoms with E-state index in [-0.39, 0.29) is 18.1 Å². The number of nitrogens with two attached hydrogens (primary N) is 1. The topological polar surface area (TPSA) is 75.4 Å². The third kappa shape index (κ3) is 5.50. The molecule has 0 radical (unpaired) electrons. The van der Waals surface area contributed by atoms with Crippen LogP contribution in [0.25, 0.3) is 0 Å². The minimum absolute atomic E-state index is 0.0336. The minimum Gasteiger partial charge on any atom is -0.393 e. The Morgan fingerprint density at radius 2 is 2.18 bits per heavy atom. The van der Waals surface area contributed by atoms with Crippen molar-refractivity contribution >= 4 is 5.91 Å². The Balaban J connectivity index is 2.19. The maximum atomic E-state index is 11.6. The lowest BCUT2D eigenvalue weighted by molar-refractivity contribution is -0.121. The Morgan fingerprint density at radius 1 is 1.47 bits per heavy atom. The molecule has 0 aliphatic heterocycles. The number of aliphatic hydroxyl groups is 1. The number of aliphatic hydroxyl groups excluding tert-OH is 1. The summed E-state index contributed by atoms with van der Waals surface area (Å²) in [6.45, 7) is 4.73. The Labute approximate surface area is 104 Å². The largest absolute Gasteiger partial charge is 0.393 e. The lowest BCUT2D eigenvalue weighted by Gasteiger charge is -2.26. The van der Waals surface area contributed by atoms with Crippen molar-refractivity contribution in [2.75, 3.05) is 6.54 Å². The lowest BCUT2D eigenvalue weighted by atomic mass is 9.87. The maximum Gasteiger partial charge on any atom is 0.221 e.